The predicted octanol–water partition coefficient (Wildman–Crippen LogP) is 2.00. The maximum absolute atomic E-state index is 5.89. The van der Waals surface area contributed by atoms with E-state index < -0.39 is 0 Å². The number of rotatable bonds is 4. The summed E-state index contributed by atoms with van der Waals surface area (Å²) in [6.45, 7) is 2.94. The van der Waals surface area contributed by atoms with Crippen molar-refractivity contribution in [3.63, 3.8) is 0 Å². The zero-order valence-corrected chi connectivity index (χ0v) is 11.1. The van der Waals surface area contributed by atoms with Gasteiger partial charge in [-0.3, -0.25) is 4.98 Å². The second kappa shape index (κ2) is 5.73. The van der Waals surface area contributed by atoms with Gasteiger partial charge >= 0.3 is 0 Å². The van der Waals surface area contributed by atoms with Crippen LogP contribution in [-0.2, 0) is 11.2 Å². The van der Waals surface area contributed by atoms with Crippen LogP contribution in [0.1, 0.15) is 17.8 Å². The average Bonchev–Trinajstić information content (AvgIpc) is 2.82. The summed E-state index contributed by atoms with van der Waals surface area (Å²) in [4.78, 5) is 8.64. The number of aromatic nitrogens is 2. The number of pyridine rings is 1. The Kier molecular flexibility index (Phi) is 3.83. The molecule has 0 radical (unpaired) electrons. The first-order chi connectivity index (χ1) is 8.92. The van der Waals surface area contributed by atoms with Crippen LogP contribution in [0.5, 0.6) is 0 Å². The molecule has 5 heteroatoms. The van der Waals surface area contributed by atoms with Crippen LogP contribution in [0.4, 0.5) is 0 Å². The highest BCUT2D eigenvalue weighted by Crippen LogP contribution is 2.21. The standard InChI is InChI=1S/C13H17N3OS/c1-5-14-6-2-10(1)17-8-4-13-16-11-9-15-7-3-12(11)18-13/h3,7,9-10,14H,1-2,4-6,8H2. The van der Waals surface area contributed by atoms with Crippen molar-refractivity contribution in [2.75, 3.05) is 19.7 Å². The largest absolute Gasteiger partial charge is 0.378 e. The first-order valence-electron chi connectivity index (χ1n) is 6.43. The number of piperidine rings is 1. The molecule has 2 aromatic rings. The van der Waals surface area contributed by atoms with Crippen molar-refractivity contribution in [1.82, 2.24) is 15.3 Å². The molecule has 1 N–H and O–H groups in total. The number of ether oxygens (including phenoxy) is 1. The number of thiazole rings is 1. The average molecular weight is 263 g/mol. The molecule has 0 aliphatic carbocycles. The summed E-state index contributed by atoms with van der Waals surface area (Å²) in [6, 6.07) is 2.02. The summed E-state index contributed by atoms with van der Waals surface area (Å²) in [5, 5.41) is 4.49. The molecule has 18 heavy (non-hydrogen) atoms. The summed E-state index contributed by atoms with van der Waals surface area (Å²) in [7, 11) is 0. The van der Waals surface area contributed by atoms with Crippen molar-refractivity contribution in [3.8, 4) is 0 Å². The molecule has 1 saturated heterocycles. The van der Waals surface area contributed by atoms with E-state index in [1.807, 2.05) is 18.5 Å². The number of nitrogens with zero attached hydrogens (tertiary/aromatic N) is 2. The number of nitrogens with one attached hydrogen (secondary N) is 1. The summed E-state index contributed by atoms with van der Waals surface area (Å²) in [5.41, 5.74) is 0.999. The van der Waals surface area contributed by atoms with E-state index >= 15 is 0 Å². The van der Waals surface area contributed by atoms with Gasteiger partial charge in [-0.05, 0) is 32.0 Å². The first-order valence-corrected chi connectivity index (χ1v) is 7.25. The Balaban J connectivity index is 1.53. The molecule has 96 valence electrons. The van der Waals surface area contributed by atoms with Crippen LogP contribution in [0.25, 0.3) is 10.2 Å². The summed E-state index contributed by atoms with van der Waals surface area (Å²) in [6.07, 6.45) is 7.23. The van der Waals surface area contributed by atoms with Crippen LogP contribution in [-0.4, -0.2) is 35.8 Å². The third kappa shape index (κ3) is 2.85. The van der Waals surface area contributed by atoms with Gasteiger partial charge in [-0.15, -0.1) is 11.3 Å². The third-order valence-corrected chi connectivity index (χ3v) is 4.29. The van der Waals surface area contributed by atoms with Gasteiger partial charge in [0.05, 0.1) is 34.1 Å². The molecule has 3 heterocycles. The van der Waals surface area contributed by atoms with Gasteiger partial charge in [0.15, 0.2) is 0 Å². The second-order valence-electron chi connectivity index (χ2n) is 4.52. The van der Waals surface area contributed by atoms with Gasteiger partial charge in [-0.25, -0.2) is 4.98 Å². The Morgan fingerprint density at radius 3 is 3.11 bits per heavy atom. The van der Waals surface area contributed by atoms with Gasteiger partial charge in [0.25, 0.3) is 0 Å². The van der Waals surface area contributed by atoms with Gasteiger partial charge in [-0.2, -0.15) is 0 Å². The van der Waals surface area contributed by atoms with Crippen molar-refractivity contribution >= 4 is 21.6 Å². The Labute approximate surface area is 110 Å². The zero-order chi connectivity index (χ0) is 12.2. The Morgan fingerprint density at radius 1 is 1.39 bits per heavy atom. The van der Waals surface area contributed by atoms with Crippen LogP contribution in [0.15, 0.2) is 18.5 Å². The monoisotopic (exact) mass is 263 g/mol. The molecule has 0 saturated carbocycles. The maximum atomic E-state index is 5.89. The molecular formula is C13H17N3OS. The highest BCUT2D eigenvalue weighted by Gasteiger charge is 2.13. The minimum absolute atomic E-state index is 0.433. The molecule has 1 aliphatic rings. The lowest BCUT2D eigenvalue weighted by atomic mass is 10.1. The smallest absolute Gasteiger partial charge is 0.0998 e. The summed E-state index contributed by atoms with van der Waals surface area (Å²) in [5.74, 6) is 0. The van der Waals surface area contributed by atoms with E-state index in [2.05, 4.69) is 15.3 Å². The molecule has 0 atom stereocenters. The molecule has 2 aromatic heterocycles. The topological polar surface area (TPSA) is 47.0 Å². The van der Waals surface area contributed by atoms with E-state index in [9.17, 15) is 0 Å². The van der Waals surface area contributed by atoms with Gasteiger partial charge in [0.1, 0.15) is 0 Å². The number of hydrogen-bond acceptors (Lipinski definition) is 5. The summed E-state index contributed by atoms with van der Waals surface area (Å²) >= 11 is 1.74. The maximum Gasteiger partial charge on any atom is 0.0998 e. The fourth-order valence-electron chi connectivity index (χ4n) is 2.21. The quantitative estimate of drug-likeness (QED) is 0.916. The highest BCUT2D eigenvalue weighted by molar-refractivity contribution is 7.18. The van der Waals surface area contributed by atoms with E-state index in [4.69, 9.17) is 4.74 Å². The molecule has 0 bridgehead atoms. The van der Waals surface area contributed by atoms with Crippen LogP contribution >= 0.6 is 11.3 Å². The number of hydrogen-bond donors (Lipinski definition) is 1. The normalized spacial score (nSPS) is 17.3. The minimum Gasteiger partial charge on any atom is -0.378 e. The van der Waals surface area contributed by atoms with Gasteiger partial charge in [0, 0.05) is 12.6 Å². The lowest BCUT2D eigenvalue weighted by molar-refractivity contribution is 0.0349. The second-order valence-corrected chi connectivity index (χ2v) is 5.64. The molecular weight excluding hydrogens is 246 g/mol. The van der Waals surface area contributed by atoms with Crippen molar-refractivity contribution in [2.45, 2.75) is 25.4 Å². The van der Waals surface area contributed by atoms with E-state index in [0.29, 0.717) is 6.10 Å². The van der Waals surface area contributed by atoms with Crippen LogP contribution in [0.3, 0.4) is 0 Å². The molecule has 1 fully saturated rings. The van der Waals surface area contributed by atoms with Crippen molar-refractivity contribution < 1.29 is 4.74 Å². The van der Waals surface area contributed by atoms with Crippen LogP contribution < -0.4 is 5.32 Å². The van der Waals surface area contributed by atoms with E-state index in [1.54, 1.807) is 11.3 Å². The lowest BCUT2D eigenvalue weighted by Crippen LogP contribution is -2.32. The lowest BCUT2D eigenvalue weighted by Gasteiger charge is -2.22. The van der Waals surface area contributed by atoms with E-state index in [0.717, 1.165) is 49.5 Å². The van der Waals surface area contributed by atoms with Gasteiger partial charge in [0.2, 0.25) is 0 Å². The molecule has 3 rings (SSSR count). The van der Waals surface area contributed by atoms with Crippen molar-refractivity contribution in [2.24, 2.45) is 0 Å². The molecule has 4 nitrogen and oxygen atoms in total. The molecule has 0 unspecified atom stereocenters. The van der Waals surface area contributed by atoms with Gasteiger partial charge in [-0.1, -0.05) is 0 Å². The molecule has 0 aromatic carbocycles. The van der Waals surface area contributed by atoms with Crippen molar-refractivity contribution in [1.29, 1.82) is 0 Å². The summed E-state index contributed by atoms with van der Waals surface area (Å²) < 4.78 is 7.10. The van der Waals surface area contributed by atoms with Crippen molar-refractivity contribution in [3.05, 3.63) is 23.5 Å². The zero-order valence-electron chi connectivity index (χ0n) is 10.3. The molecule has 0 amide bonds. The molecule has 1 aliphatic heterocycles. The Morgan fingerprint density at radius 2 is 2.28 bits per heavy atom. The fraction of sp³-hybridized carbons (Fsp3) is 0.538. The Bertz CT molecular complexity index is 475. The third-order valence-electron chi connectivity index (χ3n) is 3.19. The molecule has 0 spiro atoms. The number of fused-ring (bicyclic) bond motifs is 1. The fourth-order valence-corrected chi connectivity index (χ4v) is 3.12. The van der Waals surface area contributed by atoms with E-state index in [1.165, 1.54) is 4.70 Å². The minimum atomic E-state index is 0.433. The first kappa shape index (κ1) is 12.0. The van der Waals surface area contributed by atoms with Gasteiger partial charge < -0.3 is 10.1 Å². The van der Waals surface area contributed by atoms with E-state index in [-0.39, 0.29) is 0 Å². The van der Waals surface area contributed by atoms with Crippen LogP contribution in [0.2, 0.25) is 0 Å². The SMILES string of the molecule is c1cc2sc(CCOC3CCNCC3)nc2cn1. The highest BCUT2D eigenvalue weighted by atomic mass is 32.1. The van der Waals surface area contributed by atoms with Crippen LogP contribution in [0, 0.1) is 0 Å². The Hall–Kier alpha value is -1.04. The predicted molar refractivity (Wildman–Crippen MR) is 73.0 cm³/mol.